The number of benzene rings is 3. The van der Waals surface area contributed by atoms with Crippen LogP contribution in [-0.2, 0) is 38.9 Å². The van der Waals surface area contributed by atoms with E-state index in [0.29, 0.717) is 36.3 Å². The summed E-state index contributed by atoms with van der Waals surface area (Å²) in [6.45, 7) is 10.0. The van der Waals surface area contributed by atoms with Crippen LogP contribution < -0.4 is 36.3 Å². The molecule has 1 aliphatic heterocycles. The molecule has 3 aromatic carbocycles. The molecule has 0 aliphatic carbocycles. The highest BCUT2D eigenvalue weighted by Gasteiger charge is 2.33. The van der Waals surface area contributed by atoms with E-state index in [4.69, 9.17) is 20.9 Å². The SMILES string of the molecule is COc1ccc(C[C@H](N)C(=O)N[C@@H](CCCN=C(N)NS(=O)(=O)c2c(C)c(C)c3c(c2C)CCC(C)(C)O3)C(=O)NCCCc2ccccc2)cc1. The minimum atomic E-state index is -4.06. The highest BCUT2D eigenvalue weighted by atomic mass is 32.2. The molecule has 1 heterocycles. The number of nitrogens with two attached hydrogens (primary N) is 2. The molecule has 0 unspecified atom stereocenters. The molecular formula is C39H54N6O6S. The molecule has 0 radical (unpaired) electrons. The second-order valence-corrected chi connectivity index (χ2v) is 15.6. The minimum absolute atomic E-state index is 0.115. The topological polar surface area (TPSA) is 187 Å². The summed E-state index contributed by atoms with van der Waals surface area (Å²) in [7, 11) is -2.49. The van der Waals surface area contributed by atoms with Crippen LogP contribution in [0.25, 0.3) is 0 Å². The first-order chi connectivity index (χ1) is 24.6. The van der Waals surface area contributed by atoms with E-state index in [1.165, 1.54) is 5.56 Å². The van der Waals surface area contributed by atoms with Gasteiger partial charge >= 0.3 is 0 Å². The number of sulfonamides is 1. The zero-order valence-corrected chi connectivity index (χ0v) is 32.0. The number of rotatable bonds is 16. The summed E-state index contributed by atoms with van der Waals surface area (Å²) in [4.78, 5) is 30.9. The second-order valence-electron chi connectivity index (χ2n) is 14.0. The van der Waals surface area contributed by atoms with Crippen LogP contribution in [0.1, 0.15) is 72.9 Å². The molecule has 2 atom stereocenters. The van der Waals surface area contributed by atoms with Crippen molar-refractivity contribution < 1.29 is 27.5 Å². The summed E-state index contributed by atoms with van der Waals surface area (Å²) in [5.74, 6) is 0.377. The van der Waals surface area contributed by atoms with Crippen molar-refractivity contribution in [3.8, 4) is 11.5 Å². The predicted octanol–water partition coefficient (Wildman–Crippen LogP) is 3.90. The van der Waals surface area contributed by atoms with Gasteiger partial charge in [-0.1, -0.05) is 42.5 Å². The molecule has 0 saturated heterocycles. The number of fused-ring (bicyclic) bond motifs is 1. The monoisotopic (exact) mass is 734 g/mol. The standard InChI is InChI=1S/C39H54N6O6S/c1-25-26(2)35(27(3)31-20-21-39(4,5)51-34(25)31)52(48,49)45-38(41)43-23-11-15-33(37(47)42-22-10-14-28-12-8-7-9-13-28)44-36(46)32(40)24-29-16-18-30(50-6)19-17-29/h7-9,12-13,16-19,32-33H,10-11,14-15,20-24,40H2,1-6H3,(H,42,47)(H,44,46)(H3,41,43,45)/t32-,33-/m0/s1. The first-order valence-electron chi connectivity index (χ1n) is 17.8. The lowest BCUT2D eigenvalue weighted by molar-refractivity contribution is -0.129. The van der Waals surface area contributed by atoms with E-state index < -0.39 is 28.0 Å². The van der Waals surface area contributed by atoms with Crippen molar-refractivity contribution in [2.24, 2.45) is 16.5 Å². The maximum atomic E-state index is 13.6. The molecule has 282 valence electrons. The van der Waals surface area contributed by atoms with Gasteiger partial charge in [0, 0.05) is 13.1 Å². The van der Waals surface area contributed by atoms with E-state index in [1.807, 2.05) is 63.2 Å². The molecule has 3 aromatic rings. The van der Waals surface area contributed by atoms with Crippen molar-refractivity contribution in [2.75, 3.05) is 20.2 Å². The molecule has 1 aliphatic rings. The molecule has 2 amide bonds. The van der Waals surface area contributed by atoms with Crippen molar-refractivity contribution in [1.82, 2.24) is 15.4 Å². The maximum Gasteiger partial charge on any atom is 0.264 e. The lowest BCUT2D eigenvalue weighted by Gasteiger charge is -2.35. The molecule has 0 bridgehead atoms. The molecule has 52 heavy (non-hydrogen) atoms. The first-order valence-corrected chi connectivity index (χ1v) is 19.2. The van der Waals surface area contributed by atoms with Gasteiger partial charge in [0.1, 0.15) is 23.1 Å². The fraction of sp³-hybridized carbons (Fsp3) is 0.462. The summed E-state index contributed by atoms with van der Waals surface area (Å²) < 4.78 is 41.1. The Morgan fingerprint density at radius 1 is 0.962 bits per heavy atom. The Kier molecular flexibility index (Phi) is 13.7. The van der Waals surface area contributed by atoms with Gasteiger partial charge in [-0.25, -0.2) is 13.1 Å². The number of hydrogen-bond donors (Lipinski definition) is 5. The number of nitrogens with zero attached hydrogens (tertiary/aromatic N) is 1. The number of amides is 2. The quantitative estimate of drug-likeness (QED) is 0.0833. The van der Waals surface area contributed by atoms with Crippen LogP contribution in [0.3, 0.4) is 0 Å². The van der Waals surface area contributed by atoms with Crippen LogP contribution in [0.15, 0.2) is 64.5 Å². The van der Waals surface area contributed by atoms with Crippen LogP contribution >= 0.6 is 0 Å². The minimum Gasteiger partial charge on any atom is -0.497 e. The van der Waals surface area contributed by atoms with Crippen molar-refractivity contribution in [2.45, 2.75) is 102 Å². The number of ether oxygens (including phenoxy) is 2. The number of aryl methyl sites for hydroxylation is 1. The van der Waals surface area contributed by atoms with E-state index in [2.05, 4.69) is 20.3 Å². The van der Waals surface area contributed by atoms with Crippen LogP contribution in [-0.4, -0.2) is 64.1 Å². The average Bonchev–Trinajstić information content (AvgIpc) is 3.10. The third-order valence-corrected chi connectivity index (χ3v) is 11.1. The van der Waals surface area contributed by atoms with Gasteiger partial charge in [0.2, 0.25) is 17.8 Å². The molecule has 0 saturated carbocycles. The summed E-state index contributed by atoms with van der Waals surface area (Å²) >= 11 is 0. The zero-order valence-electron chi connectivity index (χ0n) is 31.2. The molecule has 0 aromatic heterocycles. The fourth-order valence-electron chi connectivity index (χ4n) is 6.39. The van der Waals surface area contributed by atoms with Gasteiger partial charge in [0.25, 0.3) is 10.0 Å². The normalized spacial score (nSPS) is 15.1. The van der Waals surface area contributed by atoms with Crippen LogP contribution in [0.4, 0.5) is 0 Å². The van der Waals surface area contributed by atoms with Crippen LogP contribution in [0.5, 0.6) is 11.5 Å². The zero-order chi connectivity index (χ0) is 38.1. The number of nitrogens with one attached hydrogen (secondary N) is 3. The average molecular weight is 735 g/mol. The Hall–Kier alpha value is -4.62. The Balaban J connectivity index is 1.39. The Bertz CT molecular complexity index is 1850. The summed E-state index contributed by atoms with van der Waals surface area (Å²) in [5.41, 5.74) is 16.9. The molecule has 4 rings (SSSR count). The number of guanidine groups is 1. The van der Waals surface area contributed by atoms with Gasteiger partial charge in [-0.05, 0) is 125 Å². The fourth-order valence-corrected chi connectivity index (χ4v) is 7.92. The highest BCUT2D eigenvalue weighted by Crippen LogP contribution is 2.42. The van der Waals surface area contributed by atoms with Crippen molar-refractivity contribution in [3.05, 3.63) is 88.0 Å². The van der Waals surface area contributed by atoms with E-state index in [9.17, 15) is 18.0 Å². The lowest BCUT2D eigenvalue weighted by atomic mass is 9.88. The van der Waals surface area contributed by atoms with Crippen molar-refractivity contribution >= 4 is 27.8 Å². The van der Waals surface area contributed by atoms with E-state index in [-0.39, 0.29) is 41.7 Å². The lowest BCUT2D eigenvalue weighted by Crippen LogP contribution is -2.52. The van der Waals surface area contributed by atoms with Gasteiger partial charge in [0.05, 0.1) is 18.0 Å². The van der Waals surface area contributed by atoms with Crippen molar-refractivity contribution in [3.63, 3.8) is 0 Å². The van der Waals surface area contributed by atoms with Gasteiger partial charge < -0.3 is 31.6 Å². The predicted molar refractivity (Wildman–Crippen MR) is 204 cm³/mol. The van der Waals surface area contributed by atoms with Crippen LogP contribution in [0, 0.1) is 20.8 Å². The number of methoxy groups -OCH3 is 1. The third-order valence-electron chi connectivity index (χ3n) is 9.48. The second kappa shape index (κ2) is 17.7. The van der Waals surface area contributed by atoms with E-state index in [1.54, 1.807) is 33.1 Å². The summed E-state index contributed by atoms with van der Waals surface area (Å²) in [5, 5.41) is 5.74. The smallest absolute Gasteiger partial charge is 0.264 e. The number of hydrogen-bond acceptors (Lipinski definition) is 8. The van der Waals surface area contributed by atoms with Gasteiger partial charge in [-0.2, -0.15) is 0 Å². The molecule has 12 nitrogen and oxygen atoms in total. The van der Waals surface area contributed by atoms with Crippen molar-refractivity contribution in [1.29, 1.82) is 0 Å². The Morgan fingerprint density at radius 3 is 2.33 bits per heavy atom. The molecule has 0 fully saturated rings. The molecule has 7 N–H and O–H groups in total. The Labute approximate surface area is 308 Å². The molecular weight excluding hydrogens is 681 g/mol. The summed E-state index contributed by atoms with van der Waals surface area (Å²) in [6, 6.07) is 15.5. The largest absolute Gasteiger partial charge is 0.497 e. The van der Waals surface area contributed by atoms with Gasteiger partial charge in [0.15, 0.2) is 0 Å². The maximum absolute atomic E-state index is 13.6. The number of carbonyl (C=O) groups is 2. The molecule has 0 spiro atoms. The van der Waals surface area contributed by atoms with Gasteiger partial charge in [-0.3, -0.25) is 14.6 Å². The van der Waals surface area contributed by atoms with E-state index in [0.717, 1.165) is 41.7 Å². The first kappa shape index (κ1) is 40.2. The Morgan fingerprint density at radius 2 is 1.65 bits per heavy atom. The summed E-state index contributed by atoms with van der Waals surface area (Å²) in [6.07, 6.45) is 3.83. The highest BCUT2D eigenvalue weighted by molar-refractivity contribution is 7.90. The number of carbonyl (C=O) groups excluding carboxylic acids is 2. The number of aliphatic imine (C=N–C) groups is 1. The van der Waals surface area contributed by atoms with Gasteiger partial charge in [-0.15, -0.1) is 0 Å². The third kappa shape index (κ3) is 10.7. The van der Waals surface area contributed by atoms with Crippen LogP contribution in [0.2, 0.25) is 0 Å². The molecule has 13 heteroatoms. The van der Waals surface area contributed by atoms with E-state index >= 15 is 0 Å².